The molecule has 1 aromatic rings. The third-order valence-electron chi connectivity index (χ3n) is 4.31. The normalized spacial score (nSPS) is 16.3. The highest BCUT2D eigenvalue weighted by atomic mass is 32.2. The molecule has 0 aliphatic carbocycles. The Kier molecular flexibility index (Phi) is 6.05. The van der Waals surface area contributed by atoms with Crippen molar-refractivity contribution in [3.63, 3.8) is 0 Å². The summed E-state index contributed by atoms with van der Waals surface area (Å²) >= 11 is 0. The van der Waals surface area contributed by atoms with Gasteiger partial charge in [-0.15, -0.1) is 0 Å². The number of sulfonamides is 1. The maximum atomic E-state index is 12.9. The molecule has 144 valence electrons. The highest BCUT2D eigenvalue weighted by molar-refractivity contribution is 7.89. The number of morpholine rings is 1. The number of aryl methyl sites for hydroxylation is 1. The van der Waals surface area contributed by atoms with Crippen molar-refractivity contribution in [3.05, 3.63) is 29.3 Å². The molecule has 0 spiro atoms. The van der Waals surface area contributed by atoms with Gasteiger partial charge in [0.15, 0.2) is 0 Å². The smallest absolute Gasteiger partial charge is 0.310 e. The molecule has 1 heterocycles. The molecular formula is C17H24N2O6S. The van der Waals surface area contributed by atoms with Gasteiger partial charge in [-0.2, -0.15) is 4.31 Å². The Morgan fingerprint density at radius 3 is 2.46 bits per heavy atom. The Morgan fingerprint density at radius 2 is 1.88 bits per heavy atom. The van der Waals surface area contributed by atoms with E-state index in [1.165, 1.54) is 30.3 Å². The monoisotopic (exact) mass is 384 g/mol. The molecule has 0 aromatic heterocycles. The molecular weight excluding hydrogens is 360 g/mol. The first-order valence-corrected chi connectivity index (χ1v) is 9.70. The second-order valence-corrected chi connectivity index (χ2v) is 8.77. The zero-order chi connectivity index (χ0) is 19.5. The van der Waals surface area contributed by atoms with Gasteiger partial charge in [-0.3, -0.25) is 9.59 Å². The second kappa shape index (κ2) is 7.73. The van der Waals surface area contributed by atoms with Gasteiger partial charge in [-0.1, -0.05) is 6.07 Å². The van der Waals surface area contributed by atoms with Crippen LogP contribution in [0.1, 0.15) is 29.8 Å². The Hall–Kier alpha value is -1.97. The first kappa shape index (κ1) is 20.3. The van der Waals surface area contributed by atoms with E-state index in [1.807, 2.05) is 0 Å². The molecule has 26 heavy (non-hydrogen) atoms. The Labute approximate surface area is 153 Å². The highest BCUT2D eigenvalue weighted by Crippen LogP contribution is 2.22. The van der Waals surface area contributed by atoms with E-state index in [0.29, 0.717) is 18.8 Å². The fourth-order valence-electron chi connectivity index (χ4n) is 2.42. The Morgan fingerprint density at radius 1 is 1.27 bits per heavy atom. The number of benzene rings is 1. The first-order valence-electron chi connectivity index (χ1n) is 8.26. The van der Waals surface area contributed by atoms with Gasteiger partial charge in [0.25, 0.3) is 5.91 Å². The number of amides is 1. The van der Waals surface area contributed by atoms with E-state index in [-0.39, 0.29) is 30.1 Å². The predicted octanol–water partition coefficient (Wildman–Crippen LogP) is 0.857. The minimum atomic E-state index is -3.73. The molecule has 1 aliphatic heterocycles. The number of carboxylic acid groups (broad SMARTS) is 1. The van der Waals surface area contributed by atoms with Crippen LogP contribution in [0.2, 0.25) is 0 Å². The number of carbonyl (C=O) groups excluding carboxylic acids is 1. The minimum Gasteiger partial charge on any atom is -0.481 e. The Balaban J connectivity index is 2.23. The van der Waals surface area contributed by atoms with Crippen LogP contribution in [0.3, 0.4) is 0 Å². The molecule has 1 aromatic carbocycles. The fraction of sp³-hybridized carbons (Fsp3) is 0.529. The van der Waals surface area contributed by atoms with Gasteiger partial charge < -0.3 is 15.2 Å². The van der Waals surface area contributed by atoms with Gasteiger partial charge in [-0.25, -0.2) is 8.42 Å². The van der Waals surface area contributed by atoms with Gasteiger partial charge in [0.05, 0.1) is 23.5 Å². The summed E-state index contributed by atoms with van der Waals surface area (Å²) in [5.74, 6) is -1.55. The lowest BCUT2D eigenvalue weighted by Gasteiger charge is -2.27. The van der Waals surface area contributed by atoms with Gasteiger partial charge in [-0.05, 0) is 38.5 Å². The van der Waals surface area contributed by atoms with E-state index in [1.54, 1.807) is 13.0 Å². The van der Waals surface area contributed by atoms with Crippen LogP contribution in [0, 0.1) is 12.3 Å². The van der Waals surface area contributed by atoms with Crippen molar-refractivity contribution < 1.29 is 27.9 Å². The third kappa shape index (κ3) is 4.40. The maximum Gasteiger partial charge on any atom is 0.310 e. The zero-order valence-corrected chi connectivity index (χ0v) is 15.9. The van der Waals surface area contributed by atoms with E-state index >= 15 is 0 Å². The lowest BCUT2D eigenvalue weighted by Crippen LogP contribution is -2.41. The summed E-state index contributed by atoms with van der Waals surface area (Å²) in [5, 5.41) is 11.7. The van der Waals surface area contributed by atoms with Crippen LogP contribution in [0.5, 0.6) is 0 Å². The molecule has 0 atom stereocenters. The lowest BCUT2D eigenvalue weighted by atomic mass is 9.94. The minimum absolute atomic E-state index is 0.0689. The molecule has 0 saturated carbocycles. The average molecular weight is 384 g/mol. The van der Waals surface area contributed by atoms with Crippen molar-refractivity contribution in [2.45, 2.75) is 25.7 Å². The first-order chi connectivity index (χ1) is 12.1. The van der Waals surface area contributed by atoms with Gasteiger partial charge in [0.1, 0.15) is 0 Å². The Bertz CT molecular complexity index is 797. The summed E-state index contributed by atoms with van der Waals surface area (Å²) in [4.78, 5) is 23.6. The van der Waals surface area contributed by atoms with Crippen molar-refractivity contribution in [1.29, 1.82) is 0 Å². The van der Waals surface area contributed by atoms with Crippen LogP contribution >= 0.6 is 0 Å². The van der Waals surface area contributed by atoms with Crippen molar-refractivity contribution >= 4 is 21.9 Å². The zero-order valence-electron chi connectivity index (χ0n) is 15.1. The molecule has 2 N–H and O–H groups in total. The topological polar surface area (TPSA) is 113 Å². The molecule has 0 bridgehead atoms. The number of hydrogen-bond acceptors (Lipinski definition) is 5. The molecule has 1 fully saturated rings. The van der Waals surface area contributed by atoms with Crippen LogP contribution in [0.15, 0.2) is 23.1 Å². The number of ether oxygens (including phenoxy) is 1. The number of rotatable bonds is 6. The number of hydrogen-bond donors (Lipinski definition) is 2. The summed E-state index contributed by atoms with van der Waals surface area (Å²) in [6.07, 6.45) is 0. The van der Waals surface area contributed by atoms with E-state index < -0.39 is 27.3 Å². The molecule has 1 saturated heterocycles. The number of carboxylic acids is 1. The number of aliphatic carboxylic acids is 1. The van der Waals surface area contributed by atoms with E-state index in [9.17, 15) is 18.0 Å². The highest BCUT2D eigenvalue weighted by Gasteiger charge is 2.30. The molecule has 1 amide bonds. The second-order valence-electron chi connectivity index (χ2n) is 6.87. The van der Waals surface area contributed by atoms with Crippen LogP contribution < -0.4 is 5.32 Å². The molecule has 0 unspecified atom stereocenters. The van der Waals surface area contributed by atoms with Gasteiger partial charge >= 0.3 is 5.97 Å². The fourth-order valence-corrected chi connectivity index (χ4v) is 4.08. The summed E-state index contributed by atoms with van der Waals surface area (Å²) in [7, 11) is -3.73. The predicted molar refractivity (Wildman–Crippen MR) is 94.5 cm³/mol. The maximum absolute atomic E-state index is 12.9. The van der Waals surface area contributed by atoms with Gasteiger partial charge in [0, 0.05) is 25.2 Å². The van der Waals surface area contributed by atoms with E-state index in [4.69, 9.17) is 9.84 Å². The summed E-state index contributed by atoms with van der Waals surface area (Å²) in [5.41, 5.74) is -0.411. The molecule has 2 rings (SSSR count). The van der Waals surface area contributed by atoms with Crippen LogP contribution in [-0.2, 0) is 19.6 Å². The largest absolute Gasteiger partial charge is 0.481 e. The molecule has 0 radical (unpaired) electrons. The van der Waals surface area contributed by atoms with Crippen LogP contribution in [0.25, 0.3) is 0 Å². The SMILES string of the molecule is Cc1ccc(C(=O)NCC(C)(C)C(=O)O)cc1S(=O)(=O)N1CCOCC1. The van der Waals surface area contributed by atoms with Crippen LogP contribution in [-0.4, -0.2) is 62.6 Å². The van der Waals surface area contributed by atoms with E-state index in [2.05, 4.69) is 5.32 Å². The lowest BCUT2D eigenvalue weighted by molar-refractivity contribution is -0.146. The summed E-state index contributed by atoms with van der Waals surface area (Å²) in [6.45, 7) is 5.81. The molecule has 9 heteroatoms. The van der Waals surface area contributed by atoms with Crippen molar-refractivity contribution in [2.75, 3.05) is 32.8 Å². The van der Waals surface area contributed by atoms with Crippen LogP contribution in [0.4, 0.5) is 0 Å². The third-order valence-corrected chi connectivity index (χ3v) is 6.35. The molecule has 8 nitrogen and oxygen atoms in total. The number of carbonyl (C=O) groups is 2. The quantitative estimate of drug-likeness (QED) is 0.752. The van der Waals surface area contributed by atoms with Crippen molar-refractivity contribution in [3.8, 4) is 0 Å². The number of nitrogens with one attached hydrogen (secondary N) is 1. The summed E-state index contributed by atoms with van der Waals surface area (Å²) < 4.78 is 32.2. The number of nitrogens with zero attached hydrogens (tertiary/aromatic N) is 1. The van der Waals surface area contributed by atoms with Crippen molar-refractivity contribution in [1.82, 2.24) is 9.62 Å². The standard InChI is InChI=1S/C17H24N2O6S/c1-12-4-5-13(15(20)18-11-17(2,3)16(21)22)10-14(12)26(23,24)19-6-8-25-9-7-19/h4-5,10H,6-9,11H2,1-3H3,(H,18,20)(H,21,22). The van der Waals surface area contributed by atoms with Gasteiger partial charge in [0.2, 0.25) is 10.0 Å². The molecule has 1 aliphatic rings. The van der Waals surface area contributed by atoms with E-state index in [0.717, 1.165) is 0 Å². The van der Waals surface area contributed by atoms with Crippen molar-refractivity contribution in [2.24, 2.45) is 5.41 Å². The average Bonchev–Trinajstić information content (AvgIpc) is 2.60. The summed E-state index contributed by atoms with van der Waals surface area (Å²) in [6, 6.07) is 4.44.